The van der Waals surface area contributed by atoms with Crippen LogP contribution in [0.5, 0.6) is 0 Å². The SMILES string of the molecule is CCC(=O)NC(CCSC)C(=O)Nc1ccc2c(ccn2CC)c1. The van der Waals surface area contributed by atoms with Gasteiger partial charge in [0.1, 0.15) is 6.04 Å². The lowest BCUT2D eigenvalue weighted by molar-refractivity contribution is -0.126. The van der Waals surface area contributed by atoms with Gasteiger partial charge in [-0.3, -0.25) is 9.59 Å². The second-order valence-electron chi connectivity index (χ2n) is 5.62. The quantitative estimate of drug-likeness (QED) is 0.770. The maximum Gasteiger partial charge on any atom is 0.246 e. The van der Waals surface area contributed by atoms with E-state index in [9.17, 15) is 9.59 Å². The van der Waals surface area contributed by atoms with Crippen molar-refractivity contribution in [3.05, 3.63) is 30.5 Å². The molecule has 0 aliphatic rings. The average Bonchev–Trinajstić information content (AvgIpc) is 3.00. The number of carbonyl (C=O) groups excluding carboxylic acids is 2. The Kier molecular flexibility index (Phi) is 6.73. The number of benzene rings is 1. The molecule has 6 heteroatoms. The smallest absolute Gasteiger partial charge is 0.246 e. The van der Waals surface area contributed by atoms with Crippen LogP contribution in [0.1, 0.15) is 26.7 Å². The summed E-state index contributed by atoms with van der Waals surface area (Å²) in [6.45, 7) is 4.79. The number of aromatic nitrogens is 1. The predicted octanol–water partition coefficient (Wildman–Crippen LogP) is 3.25. The molecule has 24 heavy (non-hydrogen) atoms. The van der Waals surface area contributed by atoms with Crippen LogP contribution in [-0.2, 0) is 16.1 Å². The molecule has 2 rings (SSSR count). The first-order valence-corrected chi connectivity index (χ1v) is 9.66. The van der Waals surface area contributed by atoms with Gasteiger partial charge < -0.3 is 15.2 Å². The van der Waals surface area contributed by atoms with E-state index in [-0.39, 0.29) is 11.8 Å². The summed E-state index contributed by atoms with van der Waals surface area (Å²) < 4.78 is 2.16. The number of rotatable bonds is 8. The summed E-state index contributed by atoms with van der Waals surface area (Å²) in [7, 11) is 0. The lowest BCUT2D eigenvalue weighted by Crippen LogP contribution is -2.43. The highest BCUT2D eigenvalue weighted by Gasteiger charge is 2.20. The van der Waals surface area contributed by atoms with E-state index in [0.29, 0.717) is 12.8 Å². The van der Waals surface area contributed by atoms with E-state index in [1.807, 2.05) is 36.7 Å². The van der Waals surface area contributed by atoms with Gasteiger partial charge in [0, 0.05) is 35.8 Å². The van der Waals surface area contributed by atoms with E-state index in [1.165, 1.54) is 0 Å². The van der Waals surface area contributed by atoms with Crippen LogP contribution in [0.25, 0.3) is 10.9 Å². The van der Waals surface area contributed by atoms with Crippen LogP contribution in [0.3, 0.4) is 0 Å². The molecule has 1 atom stereocenters. The molecule has 2 N–H and O–H groups in total. The maximum absolute atomic E-state index is 12.5. The summed E-state index contributed by atoms with van der Waals surface area (Å²) in [5.74, 6) is 0.548. The number of hydrogen-bond donors (Lipinski definition) is 2. The topological polar surface area (TPSA) is 63.1 Å². The Balaban J connectivity index is 2.11. The fraction of sp³-hybridized carbons (Fsp3) is 0.444. The molecule has 0 saturated heterocycles. The van der Waals surface area contributed by atoms with Gasteiger partial charge in [-0.25, -0.2) is 0 Å². The van der Waals surface area contributed by atoms with Crippen molar-refractivity contribution in [3.63, 3.8) is 0 Å². The third-order valence-corrected chi connectivity index (χ3v) is 4.61. The minimum Gasteiger partial charge on any atom is -0.348 e. The summed E-state index contributed by atoms with van der Waals surface area (Å²) in [5.41, 5.74) is 1.90. The third kappa shape index (κ3) is 4.54. The molecular weight excluding hydrogens is 322 g/mol. The Morgan fingerprint density at radius 3 is 2.71 bits per heavy atom. The highest BCUT2D eigenvalue weighted by atomic mass is 32.2. The Morgan fingerprint density at radius 1 is 1.25 bits per heavy atom. The van der Waals surface area contributed by atoms with Gasteiger partial charge in [-0.05, 0) is 49.6 Å². The maximum atomic E-state index is 12.5. The van der Waals surface area contributed by atoms with E-state index >= 15 is 0 Å². The first kappa shape index (κ1) is 18.4. The minimum absolute atomic E-state index is 0.105. The van der Waals surface area contributed by atoms with Crippen LogP contribution in [-0.4, -0.2) is 34.4 Å². The zero-order chi connectivity index (χ0) is 17.5. The van der Waals surface area contributed by atoms with Crippen molar-refractivity contribution in [1.82, 2.24) is 9.88 Å². The van der Waals surface area contributed by atoms with E-state index in [0.717, 1.165) is 28.9 Å². The molecule has 0 bridgehead atoms. The van der Waals surface area contributed by atoms with Gasteiger partial charge in [0.2, 0.25) is 11.8 Å². The number of aryl methyl sites for hydroxylation is 1. The highest BCUT2D eigenvalue weighted by Crippen LogP contribution is 2.21. The summed E-state index contributed by atoms with van der Waals surface area (Å²) in [6.07, 6.45) is 5.02. The molecule has 130 valence electrons. The Hall–Kier alpha value is -1.95. The Bertz CT molecular complexity index is 711. The Morgan fingerprint density at radius 2 is 2.04 bits per heavy atom. The van der Waals surface area contributed by atoms with Gasteiger partial charge in [0.15, 0.2) is 0 Å². The van der Waals surface area contributed by atoms with Gasteiger partial charge in [0.05, 0.1) is 0 Å². The zero-order valence-corrected chi connectivity index (χ0v) is 15.3. The molecule has 0 aliphatic heterocycles. The normalized spacial score (nSPS) is 12.1. The van der Waals surface area contributed by atoms with Crippen LogP contribution in [0.4, 0.5) is 5.69 Å². The fourth-order valence-electron chi connectivity index (χ4n) is 2.58. The van der Waals surface area contributed by atoms with Gasteiger partial charge in [0.25, 0.3) is 0 Å². The average molecular weight is 347 g/mol. The van der Waals surface area contributed by atoms with Crippen molar-refractivity contribution in [2.45, 2.75) is 39.3 Å². The molecule has 5 nitrogen and oxygen atoms in total. The van der Waals surface area contributed by atoms with Gasteiger partial charge >= 0.3 is 0 Å². The molecule has 1 heterocycles. The molecule has 1 unspecified atom stereocenters. The molecule has 0 spiro atoms. The lowest BCUT2D eigenvalue weighted by atomic mass is 10.1. The first-order valence-electron chi connectivity index (χ1n) is 8.27. The fourth-order valence-corrected chi connectivity index (χ4v) is 3.06. The number of anilines is 1. The minimum atomic E-state index is -0.499. The summed E-state index contributed by atoms with van der Waals surface area (Å²) >= 11 is 1.66. The monoisotopic (exact) mass is 347 g/mol. The molecule has 0 aliphatic carbocycles. The van der Waals surface area contributed by atoms with Gasteiger partial charge in [-0.1, -0.05) is 6.92 Å². The van der Waals surface area contributed by atoms with Crippen molar-refractivity contribution in [2.24, 2.45) is 0 Å². The largest absolute Gasteiger partial charge is 0.348 e. The number of hydrogen-bond acceptors (Lipinski definition) is 3. The van der Waals surface area contributed by atoms with E-state index in [1.54, 1.807) is 18.7 Å². The van der Waals surface area contributed by atoms with Crippen molar-refractivity contribution < 1.29 is 9.59 Å². The standard InChI is InChI=1S/C18H25N3O2S/c1-4-17(22)20-15(9-11-24-3)18(23)19-14-6-7-16-13(12-14)8-10-21(16)5-2/h6-8,10,12,15H,4-5,9,11H2,1-3H3,(H,19,23)(H,20,22). The summed E-state index contributed by atoms with van der Waals surface area (Å²) in [5, 5.41) is 6.82. The van der Waals surface area contributed by atoms with Crippen LogP contribution in [0, 0.1) is 0 Å². The molecule has 2 aromatic rings. The van der Waals surface area contributed by atoms with Crippen molar-refractivity contribution in [2.75, 3.05) is 17.3 Å². The molecule has 0 fully saturated rings. The van der Waals surface area contributed by atoms with E-state index in [4.69, 9.17) is 0 Å². The van der Waals surface area contributed by atoms with Crippen molar-refractivity contribution >= 4 is 40.2 Å². The molecular formula is C18H25N3O2S. The van der Waals surface area contributed by atoms with Gasteiger partial charge in [-0.15, -0.1) is 0 Å². The first-order chi connectivity index (χ1) is 11.6. The number of thioether (sulfide) groups is 1. The zero-order valence-electron chi connectivity index (χ0n) is 14.5. The molecule has 0 radical (unpaired) electrons. The number of amides is 2. The highest BCUT2D eigenvalue weighted by molar-refractivity contribution is 7.98. The predicted molar refractivity (Wildman–Crippen MR) is 101 cm³/mol. The second-order valence-corrected chi connectivity index (χ2v) is 6.61. The van der Waals surface area contributed by atoms with Crippen molar-refractivity contribution in [1.29, 1.82) is 0 Å². The third-order valence-electron chi connectivity index (χ3n) is 3.96. The Labute approximate surface area is 147 Å². The molecule has 2 amide bonds. The van der Waals surface area contributed by atoms with E-state index in [2.05, 4.69) is 22.1 Å². The molecule has 1 aromatic carbocycles. The second kappa shape index (κ2) is 8.78. The lowest BCUT2D eigenvalue weighted by Gasteiger charge is -2.18. The molecule has 0 saturated carbocycles. The van der Waals surface area contributed by atoms with Crippen LogP contribution in [0.15, 0.2) is 30.5 Å². The summed E-state index contributed by atoms with van der Waals surface area (Å²) in [4.78, 5) is 24.2. The van der Waals surface area contributed by atoms with Crippen molar-refractivity contribution in [3.8, 4) is 0 Å². The molecule has 1 aromatic heterocycles. The van der Waals surface area contributed by atoms with Gasteiger partial charge in [-0.2, -0.15) is 11.8 Å². The number of fused-ring (bicyclic) bond motifs is 1. The van der Waals surface area contributed by atoms with Crippen LogP contribution < -0.4 is 10.6 Å². The van der Waals surface area contributed by atoms with Crippen LogP contribution >= 0.6 is 11.8 Å². The number of nitrogens with zero attached hydrogens (tertiary/aromatic N) is 1. The summed E-state index contributed by atoms with van der Waals surface area (Å²) in [6, 6.07) is 7.42. The number of carbonyl (C=O) groups is 2. The number of nitrogens with one attached hydrogen (secondary N) is 2. The van der Waals surface area contributed by atoms with Crippen LogP contribution in [0.2, 0.25) is 0 Å². The van der Waals surface area contributed by atoms with E-state index < -0.39 is 6.04 Å².